The first kappa shape index (κ1) is 14.0. The number of anilines is 1. The van der Waals surface area contributed by atoms with Crippen molar-refractivity contribution in [3.8, 4) is 0 Å². The zero-order valence-corrected chi connectivity index (χ0v) is 13.3. The quantitative estimate of drug-likeness (QED) is 0.943. The van der Waals surface area contributed by atoms with Crippen LogP contribution in [-0.2, 0) is 0 Å². The monoisotopic (exact) mass is 312 g/mol. The van der Waals surface area contributed by atoms with Crippen LogP contribution in [0.1, 0.15) is 19.3 Å². The predicted molar refractivity (Wildman–Crippen MR) is 89.4 cm³/mol. The van der Waals surface area contributed by atoms with Crippen LogP contribution in [-0.4, -0.2) is 35.1 Å². The molecular weight excluding hydrogens is 292 g/mol. The molecule has 2 aliphatic heterocycles. The summed E-state index contributed by atoms with van der Waals surface area (Å²) in [6.07, 6.45) is 9.54. The van der Waals surface area contributed by atoms with Gasteiger partial charge in [0.1, 0.15) is 5.03 Å². The van der Waals surface area contributed by atoms with E-state index in [2.05, 4.69) is 32.3 Å². The third kappa shape index (κ3) is 3.10. The lowest BCUT2D eigenvalue weighted by atomic mass is 10.1. The van der Waals surface area contributed by atoms with Crippen LogP contribution >= 0.6 is 11.8 Å². The Morgan fingerprint density at radius 2 is 1.91 bits per heavy atom. The highest BCUT2D eigenvalue weighted by Gasteiger charge is 2.29. The van der Waals surface area contributed by atoms with Gasteiger partial charge in [-0.05, 0) is 43.5 Å². The topological polar surface area (TPSA) is 41.0 Å². The summed E-state index contributed by atoms with van der Waals surface area (Å²) in [5.41, 5.74) is 1.24. The van der Waals surface area contributed by atoms with Gasteiger partial charge in [-0.2, -0.15) is 0 Å². The van der Waals surface area contributed by atoms with Crippen molar-refractivity contribution in [3.63, 3.8) is 0 Å². The second kappa shape index (κ2) is 6.26. The first-order valence-electron chi connectivity index (χ1n) is 7.92. The van der Waals surface area contributed by atoms with Crippen LogP contribution in [0.5, 0.6) is 0 Å². The number of aromatic nitrogens is 2. The number of rotatable bonds is 3. The van der Waals surface area contributed by atoms with E-state index in [0.717, 1.165) is 24.2 Å². The molecule has 4 heterocycles. The molecule has 2 saturated heterocycles. The van der Waals surface area contributed by atoms with Crippen LogP contribution in [0.15, 0.2) is 52.8 Å². The van der Waals surface area contributed by atoms with Crippen LogP contribution in [0, 0.1) is 0 Å². The number of nitrogens with zero attached hydrogens (tertiary/aromatic N) is 3. The zero-order chi connectivity index (χ0) is 14.8. The molecule has 2 aromatic heterocycles. The lowest BCUT2D eigenvalue weighted by molar-refractivity contribution is 0.563. The van der Waals surface area contributed by atoms with E-state index in [1.165, 1.54) is 29.8 Å². The molecule has 0 aromatic carbocycles. The van der Waals surface area contributed by atoms with Crippen LogP contribution in [0.3, 0.4) is 0 Å². The van der Waals surface area contributed by atoms with Gasteiger partial charge >= 0.3 is 0 Å². The van der Waals surface area contributed by atoms with Gasteiger partial charge in [-0.25, -0.2) is 4.98 Å². The Morgan fingerprint density at radius 3 is 2.73 bits per heavy atom. The van der Waals surface area contributed by atoms with Crippen molar-refractivity contribution in [2.45, 2.75) is 41.3 Å². The van der Waals surface area contributed by atoms with E-state index in [0.29, 0.717) is 6.04 Å². The lowest BCUT2D eigenvalue weighted by Gasteiger charge is -2.26. The zero-order valence-electron chi connectivity index (χ0n) is 12.5. The molecule has 0 spiro atoms. The number of hydrogen-bond donors (Lipinski definition) is 1. The fraction of sp³-hybridized carbons (Fsp3) is 0.412. The molecule has 0 saturated carbocycles. The van der Waals surface area contributed by atoms with E-state index >= 15 is 0 Å². The van der Waals surface area contributed by atoms with Crippen molar-refractivity contribution in [1.82, 2.24) is 15.3 Å². The minimum atomic E-state index is 0.651. The van der Waals surface area contributed by atoms with Crippen LogP contribution in [0.2, 0.25) is 0 Å². The van der Waals surface area contributed by atoms with Gasteiger partial charge in [0.05, 0.1) is 11.9 Å². The van der Waals surface area contributed by atoms with Crippen LogP contribution in [0.25, 0.3) is 0 Å². The van der Waals surface area contributed by atoms with Crippen molar-refractivity contribution >= 4 is 17.4 Å². The molecule has 1 N–H and O–H groups in total. The third-order valence-electron chi connectivity index (χ3n) is 4.48. The third-order valence-corrected chi connectivity index (χ3v) is 5.44. The molecule has 2 fully saturated rings. The van der Waals surface area contributed by atoms with Crippen molar-refractivity contribution in [2.75, 3.05) is 18.0 Å². The summed E-state index contributed by atoms with van der Waals surface area (Å²) in [5, 5.41) is 4.76. The molecule has 114 valence electrons. The minimum absolute atomic E-state index is 0.651. The van der Waals surface area contributed by atoms with Gasteiger partial charge < -0.3 is 10.2 Å². The summed E-state index contributed by atoms with van der Waals surface area (Å²) in [7, 11) is 0. The molecule has 2 unspecified atom stereocenters. The van der Waals surface area contributed by atoms with E-state index in [4.69, 9.17) is 0 Å². The maximum atomic E-state index is 4.62. The van der Waals surface area contributed by atoms with Gasteiger partial charge in [0.2, 0.25) is 0 Å². The first-order chi connectivity index (χ1) is 10.9. The van der Waals surface area contributed by atoms with Crippen molar-refractivity contribution in [3.05, 3.63) is 42.9 Å². The van der Waals surface area contributed by atoms with Crippen LogP contribution in [0.4, 0.5) is 5.69 Å². The fourth-order valence-electron chi connectivity index (χ4n) is 3.32. The summed E-state index contributed by atoms with van der Waals surface area (Å²) < 4.78 is 0. The number of hydrogen-bond acceptors (Lipinski definition) is 5. The second-order valence-electron chi connectivity index (χ2n) is 6.01. The summed E-state index contributed by atoms with van der Waals surface area (Å²) in [6.45, 7) is 2.24. The Kier molecular flexibility index (Phi) is 3.99. The highest BCUT2D eigenvalue weighted by Crippen LogP contribution is 2.28. The van der Waals surface area contributed by atoms with Gasteiger partial charge in [0.15, 0.2) is 0 Å². The Labute approximate surface area is 135 Å². The number of nitrogens with one attached hydrogen (secondary N) is 1. The SMILES string of the molecule is c1cc(Sc2ccc(N3CCC4CCC(C3)N4)cn2)ccn1. The van der Waals surface area contributed by atoms with Gasteiger partial charge in [-0.15, -0.1) is 0 Å². The summed E-state index contributed by atoms with van der Waals surface area (Å²) in [6, 6.07) is 9.73. The van der Waals surface area contributed by atoms with E-state index in [-0.39, 0.29) is 0 Å². The molecule has 2 bridgehead atoms. The Balaban J connectivity index is 1.45. The van der Waals surface area contributed by atoms with E-state index < -0.39 is 0 Å². The van der Waals surface area contributed by atoms with Crippen molar-refractivity contribution < 1.29 is 0 Å². The molecule has 4 rings (SSSR count). The highest BCUT2D eigenvalue weighted by molar-refractivity contribution is 7.99. The maximum absolute atomic E-state index is 4.62. The molecule has 2 aromatic rings. The van der Waals surface area contributed by atoms with Crippen LogP contribution < -0.4 is 10.2 Å². The van der Waals surface area contributed by atoms with E-state index in [9.17, 15) is 0 Å². The summed E-state index contributed by atoms with van der Waals surface area (Å²) in [5.74, 6) is 0. The maximum Gasteiger partial charge on any atom is 0.101 e. The number of fused-ring (bicyclic) bond motifs is 2. The highest BCUT2D eigenvalue weighted by atomic mass is 32.2. The van der Waals surface area contributed by atoms with E-state index in [1.54, 1.807) is 11.8 Å². The fourth-order valence-corrected chi connectivity index (χ4v) is 4.07. The lowest BCUT2D eigenvalue weighted by Crippen LogP contribution is -2.35. The molecular formula is C17H20N4S. The number of pyridine rings is 2. The molecule has 0 amide bonds. The normalized spacial score (nSPS) is 24.3. The first-order valence-corrected chi connectivity index (χ1v) is 8.73. The molecule has 4 nitrogen and oxygen atoms in total. The average molecular weight is 312 g/mol. The Hall–Kier alpha value is -1.59. The standard InChI is InChI=1S/C17H20N4S/c1-2-14-12-21(10-7-13(1)20-14)15-3-4-17(19-11-15)22-16-5-8-18-9-6-16/h3-6,8-9,11,13-14,20H,1-2,7,10,12H2. The van der Waals surface area contributed by atoms with Gasteiger partial charge in [0.25, 0.3) is 0 Å². The second-order valence-corrected chi connectivity index (χ2v) is 7.11. The average Bonchev–Trinajstić information content (AvgIpc) is 2.89. The minimum Gasteiger partial charge on any atom is -0.369 e. The van der Waals surface area contributed by atoms with Gasteiger partial charge in [-0.3, -0.25) is 4.98 Å². The molecule has 22 heavy (non-hydrogen) atoms. The van der Waals surface area contributed by atoms with E-state index in [1.807, 2.05) is 30.7 Å². The smallest absolute Gasteiger partial charge is 0.101 e. The predicted octanol–water partition coefficient (Wildman–Crippen LogP) is 2.96. The van der Waals surface area contributed by atoms with Gasteiger partial charge in [0, 0.05) is 42.5 Å². The summed E-state index contributed by atoms with van der Waals surface area (Å²) >= 11 is 1.68. The molecule has 2 atom stereocenters. The van der Waals surface area contributed by atoms with Gasteiger partial charge in [-0.1, -0.05) is 11.8 Å². The summed E-state index contributed by atoms with van der Waals surface area (Å²) in [4.78, 5) is 12.3. The molecule has 2 aliphatic rings. The largest absolute Gasteiger partial charge is 0.369 e. The van der Waals surface area contributed by atoms with Crippen molar-refractivity contribution in [1.29, 1.82) is 0 Å². The molecule has 0 radical (unpaired) electrons. The Morgan fingerprint density at radius 1 is 1.05 bits per heavy atom. The molecule has 5 heteroatoms. The Bertz CT molecular complexity index is 616. The molecule has 0 aliphatic carbocycles. The van der Waals surface area contributed by atoms with Crippen molar-refractivity contribution in [2.24, 2.45) is 0 Å².